The smallest absolute Gasteiger partial charge is 0.267 e. The summed E-state index contributed by atoms with van der Waals surface area (Å²) < 4.78 is 0. The van der Waals surface area contributed by atoms with Crippen LogP contribution in [0.4, 0.5) is 10.8 Å². The molecule has 1 aromatic heterocycles. The average molecular weight is 387 g/mol. The van der Waals surface area contributed by atoms with E-state index in [4.69, 9.17) is 0 Å². The van der Waals surface area contributed by atoms with Gasteiger partial charge in [0.05, 0.1) is 5.69 Å². The second-order valence-electron chi connectivity index (χ2n) is 7.12. The summed E-state index contributed by atoms with van der Waals surface area (Å²) >= 11 is 1.35. The van der Waals surface area contributed by atoms with Crippen molar-refractivity contribution in [2.75, 3.05) is 10.6 Å². The van der Waals surface area contributed by atoms with Crippen molar-refractivity contribution in [3.05, 3.63) is 39.9 Å². The Morgan fingerprint density at radius 2 is 2.00 bits per heavy atom. The second-order valence-corrected chi connectivity index (χ2v) is 8.12. The van der Waals surface area contributed by atoms with Crippen LogP contribution in [0.25, 0.3) is 0 Å². The number of thiazole rings is 1. The lowest BCUT2D eigenvalue weighted by Crippen LogP contribution is -2.25. The largest absolute Gasteiger partial charge is 0.359 e. The topological polar surface area (TPSA) is 83.1 Å². The summed E-state index contributed by atoms with van der Waals surface area (Å²) in [4.78, 5) is 30.0. The van der Waals surface area contributed by atoms with E-state index in [-0.39, 0.29) is 11.8 Å². The van der Waals surface area contributed by atoms with E-state index in [0.717, 1.165) is 30.0 Å². The second kappa shape index (κ2) is 8.08. The molecule has 0 bridgehead atoms. The molecule has 1 saturated carbocycles. The molecule has 1 aliphatic rings. The standard InChI is InChI=1S/C20H26N4O2S/c1-5-12(3)21-20-22-13(4)17(27-20)19(26)24-16-10-14(7-6-11(16)2)18(25)23-15-8-9-15/h6-7,10,12,15H,5,8-9H2,1-4H3,(H,21,22)(H,23,25)(H,24,26)/t12-/m0/s1. The maximum absolute atomic E-state index is 12.8. The van der Waals surface area contributed by atoms with Crippen molar-refractivity contribution in [1.82, 2.24) is 10.3 Å². The number of amides is 2. The average Bonchev–Trinajstić information content (AvgIpc) is 3.37. The zero-order chi connectivity index (χ0) is 19.6. The Kier molecular flexibility index (Phi) is 5.79. The molecule has 1 aromatic carbocycles. The molecule has 27 heavy (non-hydrogen) atoms. The predicted molar refractivity (Wildman–Crippen MR) is 110 cm³/mol. The van der Waals surface area contributed by atoms with Crippen molar-refractivity contribution < 1.29 is 9.59 Å². The number of hydrogen-bond acceptors (Lipinski definition) is 5. The van der Waals surface area contributed by atoms with Gasteiger partial charge in [-0.05, 0) is 57.7 Å². The summed E-state index contributed by atoms with van der Waals surface area (Å²) in [5.74, 6) is -0.299. The van der Waals surface area contributed by atoms with Crippen molar-refractivity contribution in [3.8, 4) is 0 Å². The third-order valence-corrected chi connectivity index (χ3v) is 5.73. The Balaban J connectivity index is 1.74. The molecule has 0 radical (unpaired) electrons. The molecule has 0 unspecified atom stereocenters. The first-order valence-corrected chi connectivity index (χ1v) is 10.2. The van der Waals surface area contributed by atoms with Crippen LogP contribution in [0, 0.1) is 13.8 Å². The van der Waals surface area contributed by atoms with Crippen molar-refractivity contribution in [3.63, 3.8) is 0 Å². The van der Waals surface area contributed by atoms with E-state index in [0.29, 0.717) is 33.9 Å². The number of anilines is 2. The van der Waals surface area contributed by atoms with Crippen molar-refractivity contribution >= 4 is 34.0 Å². The summed E-state index contributed by atoms with van der Waals surface area (Å²) in [6.07, 6.45) is 3.06. The van der Waals surface area contributed by atoms with Gasteiger partial charge in [-0.25, -0.2) is 4.98 Å². The molecule has 6 nitrogen and oxygen atoms in total. The summed E-state index contributed by atoms with van der Waals surface area (Å²) in [5.41, 5.74) is 2.81. The molecule has 1 aliphatic carbocycles. The molecule has 2 amide bonds. The highest BCUT2D eigenvalue weighted by Gasteiger charge is 2.24. The third kappa shape index (κ3) is 4.86. The van der Waals surface area contributed by atoms with Gasteiger partial charge in [0.15, 0.2) is 5.13 Å². The van der Waals surface area contributed by atoms with Gasteiger partial charge >= 0.3 is 0 Å². The fourth-order valence-corrected chi connectivity index (χ4v) is 3.53. The molecule has 7 heteroatoms. The van der Waals surface area contributed by atoms with Crippen LogP contribution in [-0.4, -0.2) is 28.9 Å². The highest BCUT2D eigenvalue weighted by atomic mass is 32.1. The van der Waals surface area contributed by atoms with Gasteiger partial charge in [-0.2, -0.15) is 0 Å². The highest BCUT2D eigenvalue weighted by molar-refractivity contribution is 7.17. The number of carbonyl (C=O) groups is 2. The number of carbonyl (C=O) groups excluding carboxylic acids is 2. The van der Waals surface area contributed by atoms with Crippen LogP contribution < -0.4 is 16.0 Å². The zero-order valence-electron chi connectivity index (χ0n) is 16.2. The van der Waals surface area contributed by atoms with Crippen molar-refractivity contribution in [2.24, 2.45) is 0 Å². The van der Waals surface area contributed by atoms with E-state index in [1.165, 1.54) is 11.3 Å². The van der Waals surface area contributed by atoms with Gasteiger partial charge in [0, 0.05) is 23.3 Å². The number of aromatic nitrogens is 1. The number of nitrogens with zero attached hydrogens (tertiary/aromatic N) is 1. The Hall–Kier alpha value is -2.41. The van der Waals surface area contributed by atoms with Gasteiger partial charge in [0.25, 0.3) is 11.8 Å². The highest BCUT2D eigenvalue weighted by Crippen LogP contribution is 2.26. The van der Waals surface area contributed by atoms with Crippen LogP contribution in [0.3, 0.4) is 0 Å². The molecule has 1 atom stereocenters. The lowest BCUT2D eigenvalue weighted by Gasteiger charge is -2.10. The fraction of sp³-hybridized carbons (Fsp3) is 0.450. The Bertz CT molecular complexity index is 858. The molecule has 0 aliphatic heterocycles. The van der Waals surface area contributed by atoms with Gasteiger partial charge in [-0.15, -0.1) is 0 Å². The van der Waals surface area contributed by atoms with Crippen molar-refractivity contribution in [2.45, 2.75) is 59.0 Å². The summed E-state index contributed by atoms with van der Waals surface area (Å²) in [7, 11) is 0. The number of aryl methyl sites for hydroxylation is 2. The Morgan fingerprint density at radius 3 is 2.67 bits per heavy atom. The van der Waals surface area contributed by atoms with E-state index in [2.05, 4.69) is 34.8 Å². The van der Waals surface area contributed by atoms with Crippen LogP contribution in [-0.2, 0) is 0 Å². The van der Waals surface area contributed by atoms with E-state index in [1.807, 2.05) is 19.9 Å². The van der Waals surface area contributed by atoms with E-state index in [1.54, 1.807) is 12.1 Å². The number of rotatable bonds is 7. The Morgan fingerprint density at radius 1 is 1.26 bits per heavy atom. The summed E-state index contributed by atoms with van der Waals surface area (Å²) in [6.45, 7) is 7.92. The van der Waals surface area contributed by atoms with Gasteiger partial charge in [0.1, 0.15) is 4.88 Å². The molecule has 0 saturated heterocycles. The van der Waals surface area contributed by atoms with E-state index >= 15 is 0 Å². The molecule has 144 valence electrons. The van der Waals surface area contributed by atoms with E-state index in [9.17, 15) is 9.59 Å². The van der Waals surface area contributed by atoms with Crippen LogP contribution in [0.15, 0.2) is 18.2 Å². The van der Waals surface area contributed by atoms with E-state index < -0.39 is 0 Å². The zero-order valence-corrected chi connectivity index (χ0v) is 17.0. The normalized spacial score (nSPS) is 14.5. The molecule has 1 heterocycles. The molecule has 3 rings (SSSR count). The first-order valence-electron chi connectivity index (χ1n) is 9.34. The minimum Gasteiger partial charge on any atom is -0.359 e. The predicted octanol–water partition coefficient (Wildman–Crippen LogP) is 4.11. The monoisotopic (exact) mass is 386 g/mol. The first-order chi connectivity index (χ1) is 12.9. The fourth-order valence-electron chi connectivity index (χ4n) is 2.56. The SMILES string of the molecule is CC[C@H](C)Nc1nc(C)c(C(=O)Nc2cc(C(=O)NC3CC3)ccc2C)s1. The lowest BCUT2D eigenvalue weighted by atomic mass is 10.1. The van der Waals surface area contributed by atoms with Gasteiger partial charge < -0.3 is 16.0 Å². The molecular formula is C20H26N4O2S. The molecule has 1 fully saturated rings. The van der Waals surface area contributed by atoms with Crippen LogP contribution in [0.2, 0.25) is 0 Å². The number of benzene rings is 1. The van der Waals surface area contributed by atoms with Gasteiger partial charge in [-0.1, -0.05) is 24.3 Å². The molecule has 2 aromatic rings. The molecule has 3 N–H and O–H groups in total. The van der Waals surface area contributed by atoms with Crippen LogP contribution >= 0.6 is 11.3 Å². The quantitative estimate of drug-likeness (QED) is 0.668. The number of hydrogen-bond donors (Lipinski definition) is 3. The van der Waals surface area contributed by atoms with Crippen LogP contribution in [0.5, 0.6) is 0 Å². The van der Waals surface area contributed by atoms with Crippen LogP contribution in [0.1, 0.15) is 64.4 Å². The van der Waals surface area contributed by atoms with Gasteiger partial charge in [0.2, 0.25) is 0 Å². The lowest BCUT2D eigenvalue weighted by molar-refractivity contribution is 0.0949. The maximum Gasteiger partial charge on any atom is 0.267 e. The minimum absolute atomic E-state index is 0.0954. The number of nitrogens with one attached hydrogen (secondary N) is 3. The summed E-state index contributed by atoms with van der Waals surface area (Å²) in [6, 6.07) is 5.98. The Labute approximate surface area is 163 Å². The third-order valence-electron chi connectivity index (χ3n) is 4.65. The maximum atomic E-state index is 12.8. The minimum atomic E-state index is -0.204. The van der Waals surface area contributed by atoms with Crippen molar-refractivity contribution in [1.29, 1.82) is 0 Å². The summed E-state index contributed by atoms with van der Waals surface area (Å²) in [5, 5.41) is 9.96. The molecule has 0 spiro atoms. The molecular weight excluding hydrogens is 360 g/mol. The first kappa shape index (κ1) is 19.4. The van der Waals surface area contributed by atoms with Gasteiger partial charge in [-0.3, -0.25) is 9.59 Å².